The molecule has 0 unspecified atom stereocenters. The molecule has 0 aromatic heterocycles. The van der Waals surface area contributed by atoms with E-state index in [0.29, 0.717) is 12.1 Å². The predicted octanol–water partition coefficient (Wildman–Crippen LogP) is 2.20. The van der Waals surface area contributed by atoms with Gasteiger partial charge in [0.25, 0.3) is 0 Å². The van der Waals surface area contributed by atoms with Gasteiger partial charge in [0.05, 0.1) is 6.42 Å². The molecule has 2 rings (SSSR count). The molecule has 1 N–H and O–H groups in total. The second-order valence-corrected chi connectivity index (χ2v) is 4.59. The number of benzene rings is 1. The molecule has 1 aromatic rings. The van der Waals surface area contributed by atoms with E-state index in [4.69, 9.17) is 0 Å². The van der Waals surface area contributed by atoms with E-state index in [9.17, 15) is 13.2 Å². The van der Waals surface area contributed by atoms with Crippen LogP contribution in [0.4, 0.5) is 13.2 Å². The molecule has 0 aliphatic carbocycles. The lowest BCUT2D eigenvalue weighted by Crippen LogP contribution is -2.43. The number of halogens is 3. The van der Waals surface area contributed by atoms with E-state index in [1.54, 1.807) is 24.3 Å². The van der Waals surface area contributed by atoms with Crippen LogP contribution < -0.4 is 5.32 Å². The van der Waals surface area contributed by atoms with Crippen molar-refractivity contribution in [1.82, 2.24) is 10.2 Å². The van der Waals surface area contributed by atoms with Crippen LogP contribution in [0.2, 0.25) is 0 Å². The third kappa shape index (κ3) is 3.99. The van der Waals surface area contributed by atoms with Gasteiger partial charge < -0.3 is 5.32 Å². The topological polar surface area (TPSA) is 15.3 Å². The lowest BCUT2D eigenvalue weighted by atomic mass is 10.0. The minimum atomic E-state index is -4.14. The van der Waals surface area contributed by atoms with Crippen LogP contribution >= 0.6 is 0 Å². The van der Waals surface area contributed by atoms with Gasteiger partial charge >= 0.3 is 6.18 Å². The van der Waals surface area contributed by atoms with Crippen LogP contribution in [0, 0.1) is 0 Å². The lowest BCUT2D eigenvalue weighted by Gasteiger charge is -2.28. The van der Waals surface area contributed by atoms with Gasteiger partial charge in [0.15, 0.2) is 0 Å². The predicted molar refractivity (Wildman–Crippen MR) is 64.3 cm³/mol. The van der Waals surface area contributed by atoms with Gasteiger partial charge in [-0.1, -0.05) is 24.3 Å². The molecule has 0 spiro atoms. The van der Waals surface area contributed by atoms with Crippen molar-refractivity contribution in [2.75, 3.05) is 26.2 Å². The average molecular weight is 258 g/mol. The smallest absolute Gasteiger partial charge is 0.314 e. The second kappa shape index (κ2) is 5.71. The van der Waals surface area contributed by atoms with Crippen molar-refractivity contribution in [3.05, 3.63) is 35.4 Å². The fourth-order valence-electron chi connectivity index (χ4n) is 2.21. The minimum Gasteiger partial charge on any atom is -0.314 e. The van der Waals surface area contributed by atoms with Crippen LogP contribution in [0.25, 0.3) is 0 Å². The highest BCUT2D eigenvalue weighted by molar-refractivity contribution is 5.27. The number of hydrogen-bond acceptors (Lipinski definition) is 2. The molecule has 0 bridgehead atoms. The van der Waals surface area contributed by atoms with Crippen molar-refractivity contribution in [2.45, 2.75) is 19.1 Å². The van der Waals surface area contributed by atoms with Gasteiger partial charge in [0.1, 0.15) is 0 Å². The molecular weight excluding hydrogens is 241 g/mol. The molecular formula is C13H17F3N2. The Balaban J connectivity index is 2.06. The van der Waals surface area contributed by atoms with E-state index in [1.165, 1.54) is 0 Å². The summed E-state index contributed by atoms with van der Waals surface area (Å²) in [6.45, 7) is 4.19. The van der Waals surface area contributed by atoms with Crippen LogP contribution in [-0.4, -0.2) is 37.3 Å². The van der Waals surface area contributed by atoms with Gasteiger partial charge in [-0.2, -0.15) is 13.2 Å². The summed E-state index contributed by atoms with van der Waals surface area (Å²) in [7, 11) is 0. The molecule has 1 aliphatic heterocycles. The van der Waals surface area contributed by atoms with E-state index in [-0.39, 0.29) is 0 Å². The number of piperazine rings is 1. The van der Waals surface area contributed by atoms with Crippen molar-refractivity contribution in [2.24, 2.45) is 0 Å². The highest BCUT2D eigenvalue weighted by Crippen LogP contribution is 2.24. The summed E-state index contributed by atoms with van der Waals surface area (Å²) in [5.41, 5.74) is 1.18. The van der Waals surface area contributed by atoms with Gasteiger partial charge in [-0.25, -0.2) is 0 Å². The first kappa shape index (κ1) is 13.4. The lowest BCUT2D eigenvalue weighted by molar-refractivity contribution is -0.127. The standard InChI is InChI=1S/C13H17F3N2/c14-13(15,16)9-11-3-1-2-4-12(11)10-18-7-5-17-6-8-18/h1-4,17H,5-10H2. The Morgan fingerprint density at radius 3 is 2.28 bits per heavy atom. The maximum absolute atomic E-state index is 12.5. The summed E-state index contributed by atoms with van der Waals surface area (Å²) in [5.74, 6) is 0. The first-order chi connectivity index (χ1) is 8.54. The Kier molecular flexibility index (Phi) is 4.24. The van der Waals surface area contributed by atoms with Crippen LogP contribution in [-0.2, 0) is 13.0 Å². The first-order valence-corrected chi connectivity index (χ1v) is 6.11. The Bertz CT molecular complexity index is 384. The fraction of sp³-hybridized carbons (Fsp3) is 0.538. The van der Waals surface area contributed by atoms with Crippen molar-refractivity contribution < 1.29 is 13.2 Å². The highest BCUT2D eigenvalue weighted by Gasteiger charge is 2.28. The number of hydrogen-bond donors (Lipinski definition) is 1. The van der Waals surface area contributed by atoms with E-state index in [1.807, 2.05) is 0 Å². The zero-order valence-electron chi connectivity index (χ0n) is 10.1. The van der Waals surface area contributed by atoms with Crippen molar-refractivity contribution in [3.8, 4) is 0 Å². The molecule has 0 atom stereocenters. The van der Waals surface area contributed by atoms with Gasteiger partial charge in [-0.15, -0.1) is 0 Å². The van der Waals surface area contributed by atoms with E-state index < -0.39 is 12.6 Å². The van der Waals surface area contributed by atoms with E-state index in [2.05, 4.69) is 10.2 Å². The molecule has 0 amide bonds. The zero-order valence-corrected chi connectivity index (χ0v) is 10.1. The summed E-state index contributed by atoms with van der Waals surface area (Å²) in [6.07, 6.45) is -4.98. The van der Waals surface area contributed by atoms with Gasteiger partial charge in [0, 0.05) is 32.7 Å². The SMILES string of the molecule is FC(F)(F)Cc1ccccc1CN1CCNCC1. The minimum absolute atomic E-state index is 0.392. The Morgan fingerprint density at radius 1 is 1.06 bits per heavy atom. The molecule has 5 heteroatoms. The zero-order chi connectivity index (χ0) is 13.0. The maximum atomic E-state index is 12.5. The fourth-order valence-corrected chi connectivity index (χ4v) is 2.21. The van der Waals surface area contributed by atoms with Gasteiger partial charge in [-0.05, 0) is 11.1 Å². The quantitative estimate of drug-likeness (QED) is 0.894. The molecule has 100 valence electrons. The summed E-state index contributed by atoms with van der Waals surface area (Å²) < 4.78 is 37.4. The molecule has 1 aliphatic rings. The Hall–Kier alpha value is -1.07. The second-order valence-electron chi connectivity index (χ2n) is 4.59. The number of rotatable bonds is 3. The third-order valence-corrected chi connectivity index (χ3v) is 3.11. The molecule has 0 saturated carbocycles. The Labute approximate surface area is 105 Å². The van der Waals surface area contributed by atoms with Gasteiger partial charge in [0.2, 0.25) is 0 Å². The van der Waals surface area contributed by atoms with Crippen LogP contribution in [0.15, 0.2) is 24.3 Å². The summed E-state index contributed by atoms with van der Waals surface area (Å²) >= 11 is 0. The van der Waals surface area contributed by atoms with Crippen molar-refractivity contribution in [3.63, 3.8) is 0 Å². The molecule has 1 aromatic carbocycles. The maximum Gasteiger partial charge on any atom is 0.393 e. The summed E-state index contributed by atoms with van der Waals surface area (Å²) in [5, 5.41) is 3.23. The first-order valence-electron chi connectivity index (χ1n) is 6.11. The normalized spacial score (nSPS) is 17.9. The van der Waals surface area contributed by atoms with E-state index >= 15 is 0 Å². The van der Waals surface area contributed by atoms with Crippen LogP contribution in [0.1, 0.15) is 11.1 Å². The number of nitrogens with zero attached hydrogens (tertiary/aromatic N) is 1. The van der Waals surface area contributed by atoms with Gasteiger partial charge in [-0.3, -0.25) is 4.90 Å². The van der Waals surface area contributed by atoms with E-state index in [0.717, 1.165) is 31.7 Å². The molecule has 1 fully saturated rings. The van der Waals surface area contributed by atoms with Crippen LogP contribution in [0.3, 0.4) is 0 Å². The largest absolute Gasteiger partial charge is 0.393 e. The molecule has 2 nitrogen and oxygen atoms in total. The number of nitrogens with one attached hydrogen (secondary N) is 1. The summed E-state index contributed by atoms with van der Waals surface area (Å²) in [6, 6.07) is 6.84. The molecule has 1 heterocycles. The van der Waals surface area contributed by atoms with Crippen molar-refractivity contribution >= 4 is 0 Å². The van der Waals surface area contributed by atoms with Crippen LogP contribution in [0.5, 0.6) is 0 Å². The molecule has 18 heavy (non-hydrogen) atoms. The molecule has 0 radical (unpaired) electrons. The Morgan fingerprint density at radius 2 is 1.67 bits per heavy atom. The number of alkyl halides is 3. The van der Waals surface area contributed by atoms with Crippen molar-refractivity contribution in [1.29, 1.82) is 0 Å². The highest BCUT2D eigenvalue weighted by atomic mass is 19.4. The summed E-state index contributed by atoms with van der Waals surface area (Å²) in [4.78, 5) is 2.19. The average Bonchev–Trinajstić information content (AvgIpc) is 2.31. The molecule has 1 saturated heterocycles. The third-order valence-electron chi connectivity index (χ3n) is 3.11. The monoisotopic (exact) mass is 258 g/mol.